The zero-order valence-corrected chi connectivity index (χ0v) is 11.7. The highest BCUT2D eigenvalue weighted by atomic mass is 16.5. The van der Waals surface area contributed by atoms with E-state index in [0.717, 1.165) is 25.8 Å². The molecule has 0 amide bonds. The number of carbonyl (C=O) groups is 1. The summed E-state index contributed by atoms with van der Waals surface area (Å²) in [6.07, 6.45) is 3.41. The predicted octanol–water partition coefficient (Wildman–Crippen LogP) is 2.93. The minimum atomic E-state index is -0.957. The Morgan fingerprint density at radius 3 is 2.74 bits per heavy atom. The number of rotatable bonds is 9. The van der Waals surface area contributed by atoms with Gasteiger partial charge in [-0.2, -0.15) is 0 Å². The van der Waals surface area contributed by atoms with Gasteiger partial charge >= 0.3 is 5.97 Å². The molecular weight excluding hydrogens is 242 g/mol. The molecule has 0 bridgehead atoms. The Hall–Kier alpha value is -1.55. The average Bonchev–Trinajstić information content (AvgIpc) is 2.42. The summed E-state index contributed by atoms with van der Waals surface area (Å²) in [5.41, 5.74) is 0.211. The second-order valence-electron chi connectivity index (χ2n) is 4.50. The van der Waals surface area contributed by atoms with Gasteiger partial charge in [-0.05, 0) is 25.0 Å². The summed E-state index contributed by atoms with van der Waals surface area (Å²) in [6, 6.07) is 7.23. The third-order valence-corrected chi connectivity index (χ3v) is 3.04. The monoisotopic (exact) mass is 265 g/mol. The van der Waals surface area contributed by atoms with Gasteiger partial charge in [0.1, 0.15) is 17.9 Å². The van der Waals surface area contributed by atoms with Gasteiger partial charge in [-0.3, -0.25) is 0 Å². The van der Waals surface area contributed by atoms with Gasteiger partial charge in [0.15, 0.2) is 0 Å². The number of benzene rings is 1. The van der Waals surface area contributed by atoms with Crippen LogP contribution >= 0.6 is 0 Å². The molecular formula is C15H23NO3. The van der Waals surface area contributed by atoms with E-state index >= 15 is 0 Å². The third kappa shape index (κ3) is 5.30. The molecule has 0 aliphatic rings. The van der Waals surface area contributed by atoms with Crippen LogP contribution in [0.5, 0.6) is 5.75 Å². The standard InChI is InChI=1S/C15H23NO3/c1-3-7-12(4-2)16-10-11-19-14-9-6-5-8-13(14)15(17)18/h5-6,8-9,12,16H,3-4,7,10-11H2,1-2H3,(H,17,18). The van der Waals surface area contributed by atoms with Crippen molar-refractivity contribution in [3.05, 3.63) is 29.8 Å². The van der Waals surface area contributed by atoms with Crippen molar-refractivity contribution in [2.45, 2.75) is 39.2 Å². The molecule has 0 radical (unpaired) electrons. The fraction of sp³-hybridized carbons (Fsp3) is 0.533. The fourth-order valence-electron chi connectivity index (χ4n) is 1.99. The van der Waals surface area contributed by atoms with Gasteiger partial charge in [0.2, 0.25) is 0 Å². The summed E-state index contributed by atoms with van der Waals surface area (Å²) in [7, 11) is 0. The van der Waals surface area contributed by atoms with Crippen LogP contribution < -0.4 is 10.1 Å². The predicted molar refractivity (Wildman–Crippen MR) is 75.9 cm³/mol. The smallest absolute Gasteiger partial charge is 0.339 e. The average molecular weight is 265 g/mol. The quantitative estimate of drug-likeness (QED) is 0.674. The SMILES string of the molecule is CCCC(CC)NCCOc1ccccc1C(=O)O. The Balaban J connectivity index is 2.39. The molecule has 0 fully saturated rings. The van der Waals surface area contributed by atoms with Gasteiger partial charge < -0.3 is 15.2 Å². The van der Waals surface area contributed by atoms with Crippen LogP contribution in [0, 0.1) is 0 Å². The van der Waals surface area contributed by atoms with Crippen LogP contribution in [0.4, 0.5) is 0 Å². The van der Waals surface area contributed by atoms with Crippen molar-refractivity contribution in [3.63, 3.8) is 0 Å². The van der Waals surface area contributed by atoms with Crippen molar-refractivity contribution in [3.8, 4) is 5.75 Å². The van der Waals surface area contributed by atoms with Crippen LogP contribution in [0.2, 0.25) is 0 Å². The van der Waals surface area contributed by atoms with Crippen LogP contribution in [0.25, 0.3) is 0 Å². The first-order chi connectivity index (χ1) is 9.19. The second-order valence-corrected chi connectivity index (χ2v) is 4.50. The van der Waals surface area contributed by atoms with E-state index < -0.39 is 5.97 Å². The van der Waals surface area contributed by atoms with Crippen LogP contribution in [-0.4, -0.2) is 30.3 Å². The van der Waals surface area contributed by atoms with Gasteiger partial charge in [-0.25, -0.2) is 4.79 Å². The maximum atomic E-state index is 11.0. The van der Waals surface area contributed by atoms with E-state index in [2.05, 4.69) is 19.2 Å². The molecule has 0 aliphatic carbocycles. The molecule has 0 saturated heterocycles. The van der Waals surface area contributed by atoms with E-state index in [1.54, 1.807) is 24.3 Å². The Kier molecular flexibility index (Phi) is 6.97. The molecule has 2 N–H and O–H groups in total. The van der Waals surface area contributed by atoms with E-state index in [1.807, 2.05) is 0 Å². The van der Waals surface area contributed by atoms with Crippen molar-refractivity contribution in [1.29, 1.82) is 0 Å². The van der Waals surface area contributed by atoms with E-state index in [1.165, 1.54) is 0 Å². The number of hydrogen-bond acceptors (Lipinski definition) is 3. The molecule has 0 aliphatic heterocycles. The Labute approximate surface area is 114 Å². The highest BCUT2D eigenvalue weighted by molar-refractivity contribution is 5.90. The Morgan fingerprint density at radius 1 is 1.37 bits per heavy atom. The lowest BCUT2D eigenvalue weighted by molar-refractivity contribution is 0.0692. The molecule has 4 heteroatoms. The first-order valence-electron chi connectivity index (χ1n) is 6.87. The molecule has 106 valence electrons. The molecule has 1 atom stereocenters. The molecule has 0 saturated carbocycles. The van der Waals surface area contributed by atoms with Gasteiger partial charge in [0, 0.05) is 12.6 Å². The molecule has 4 nitrogen and oxygen atoms in total. The Morgan fingerprint density at radius 2 is 2.11 bits per heavy atom. The lowest BCUT2D eigenvalue weighted by Gasteiger charge is -2.16. The zero-order valence-electron chi connectivity index (χ0n) is 11.7. The molecule has 19 heavy (non-hydrogen) atoms. The number of carboxylic acid groups (broad SMARTS) is 1. The molecule has 1 unspecified atom stereocenters. The highest BCUT2D eigenvalue weighted by Gasteiger charge is 2.10. The summed E-state index contributed by atoms with van der Waals surface area (Å²) in [4.78, 5) is 11.0. The number of ether oxygens (including phenoxy) is 1. The van der Waals surface area contributed by atoms with Gasteiger partial charge in [-0.1, -0.05) is 32.4 Å². The molecule has 0 heterocycles. The van der Waals surface area contributed by atoms with Gasteiger partial charge in [-0.15, -0.1) is 0 Å². The summed E-state index contributed by atoms with van der Waals surface area (Å²) < 4.78 is 5.53. The largest absolute Gasteiger partial charge is 0.491 e. The van der Waals surface area contributed by atoms with Crippen LogP contribution in [-0.2, 0) is 0 Å². The van der Waals surface area contributed by atoms with Crippen molar-refractivity contribution in [2.24, 2.45) is 0 Å². The zero-order chi connectivity index (χ0) is 14.1. The molecule has 1 aromatic carbocycles. The lowest BCUT2D eigenvalue weighted by atomic mass is 10.1. The van der Waals surface area contributed by atoms with E-state index in [9.17, 15) is 4.79 Å². The van der Waals surface area contributed by atoms with Gasteiger partial charge in [0.25, 0.3) is 0 Å². The second kappa shape index (κ2) is 8.53. The van der Waals surface area contributed by atoms with Gasteiger partial charge in [0.05, 0.1) is 0 Å². The summed E-state index contributed by atoms with van der Waals surface area (Å²) >= 11 is 0. The topological polar surface area (TPSA) is 58.6 Å². The van der Waals surface area contributed by atoms with Crippen LogP contribution in [0.3, 0.4) is 0 Å². The Bertz CT molecular complexity index is 393. The molecule has 0 aromatic heterocycles. The summed E-state index contributed by atoms with van der Waals surface area (Å²) in [5.74, 6) is -0.527. The van der Waals surface area contributed by atoms with Crippen molar-refractivity contribution >= 4 is 5.97 Å². The number of hydrogen-bond donors (Lipinski definition) is 2. The van der Waals surface area contributed by atoms with Crippen molar-refractivity contribution in [1.82, 2.24) is 5.32 Å². The third-order valence-electron chi connectivity index (χ3n) is 3.04. The molecule has 1 aromatic rings. The number of aromatic carboxylic acids is 1. The van der Waals surface area contributed by atoms with Crippen molar-refractivity contribution < 1.29 is 14.6 Å². The first kappa shape index (κ1) is 15.5. The number of para-hydroxylation sites is 1. The number of nitrogens with one attached hydrogen (secondary N) is 1. The maximum Gasteiger partial charge on any atom is 0.339 e. The summed E-state index contributed by atoms with van der Waals surface area (Å²) in [6.45, 7) is 5.54. The summed E-state index contributed by atoms with van der Waals surface area (Å²) in [5, 5.41) is 12.4. The number of carboxylic acids is 1. The first-order valence-corrected chi connectivity index (χ1v) is 6.87. The minimum Gasteiger partial charge on any atom is -0.491 e. The van der Waals surface area contributed by atoms with E-state index in [-0.39, 0.29) is 5.56 Å². The van der Waals surface area contributed by atoms with Crippen molar-refractivity contribution in [2.75, 3.05) is 13.2 Å². The normalized spacial score (nSPS) is 12.1. The minimum absolute atomic E-state index is 0.211. The fourth-order valence-corrected chi connectivity index (χ4v) is 1.99. The van der Waals surface area contributed by atoms with Crippen LogP contribution in [0.15, 0.2) is 24.3 Å². The highest BCUT2D eigenvalue weighted by Crippen LogP contribution is 2.17. The van der Waals surface area contributed by atoms with Crippen LogP contribution in [0.1, 0.15) is 43.5 Å². The van der Waals surface area contributed by atoms with E-state index in [4.69, 9.17) is 9.84 Å². The molecule has 0 spiro atoms. The lowest BCUT2D eigenvalue weighted by Crippen LogP contribution is -2.32. The maximum absolute atomic E-state index is 11.0. The molecule has 1 rings (SSSR count). The van der Waals surface area contributed by atoms with E-state index in [0.29, 0.717) is 18.4 Å².